The van der Waals surface area contributed by atoms with Crippen LogP contribution in [-0.4, -0.2) is 43.5 Å². The molecule has 0 spiro atoms. The molecule has 0 bridgehead atoms. The summed E-state index contributed by atoms with van der Waals surface area (Å²) >= 11 is 18.3. The van der Waals surface area contributed by atoms with E-state index in [1.165, 1.54) is 5.56 Å². The number of aryl methyl sites for hydroxylation is 1. The molecular formula is C19H20Cl3N3O. The maximum atomic E-state index is 12.3. The molecular weight excluding hydrogens is 393 g/mol. The molecule has 1 aliphatic rings. The summed E-state index contributed by atoms with van der Waals surface area (Å²) in [5.41, 5.74) is 2.83. The molecule has 0 radical (unpaired) electrons. The summed E-state index contributed by atoms with van der Waals surface area (Å²) < 4.78 is 0. The molecule has 2 aromatic rings. The topological polar surface area (TPSA) is 35.6 Å². The van der Waals surface area contributed by atoms with E-state index in [2.05, 4.69) is 22.0 Å². The molecule has 0 unspecified atom stereocenters. The van der Waals surface area contributed by atoms with E-state index in [4.69, 9.17) is 34.8 Å². The fourth-order valence-corrected chi connectivity index (χ4v) is 3.73. The van der Waals surface area contributed by atoms with Crippen LogP contribution in [0.5, 0.6) is 0 Å². The molecule has 1 saturated heterocycles. The van der Waals surface area contributed by atoms with Crippen LogP contribution in [0.2, 0.25) is 15.1 Å². The van der Waals surface area contributed by atoms with Crippen LogP contribution in [0.3, 0.4) is 0 Å². The average Bonchev–Trinajstić information content (AvgIpc) is 2.61. The number of piperazine rings is 1. The molecule has 0 aliphatic carbocycles. The van der Waals surface area contributed by atoms with Gasteiger partial charge in [0.25, 0.3) is 0 Å². The number of para-hydroxylation sites is 1. The van der Waals surface area contributed by atoms with Gasteiger partial charge in [0.2, 0.25) is 5.91 Å². The summed E-state index contributed by atoms with van der Waals surface area (Å²) in [6, 6.07) is 11.1. The minimum atomic E-state index is -0.118. The zero-order valence-corrected chi connectivity index (χ0v) is 16.7. The van der Waals surface area contributed by atoms with Crippen LogP contribution in [0.1, 0.15) is 5.56 Å². The van der Waals surface area contributed by atoms with Gasteiger partial charge in [-0.1, -0.05) is 46.9 Å². The van der Waals surface area contributed by atoms with Crippen LogP contribution in [-0.2, 0) is 4.79 Å². The van der Waals surface area contributed by atoms with Crippen LogP contribution in [0.4, 0.5) is 11.4 Å². The van der Waals surface area contributed by atoms with Crippen molar-refractivity contribution in [2.75, 3.05) is 42.9 Å². The third-order valence-electron chi connectivity index (χ3n) is 4.48. The van der Waals surface area contributed by atoms with Gasteiger partial charge in [-0.3, -0.25) is 9.69 Å². The van der Waals surface area contributed by atoms with E-state index in [-0.39, 0.29) is 5.91 Å². The van der Waals surface area contributed by atoms with E-state index in [1.807, 2.05) is 18.2 Å². The van der Waals surface area contributed by atoms with Gasteiger partial charge in [0, 0.05) is 36.9 Å². The number of nitrogens with zero attached hydrogens (tertiary/aromatic N) is 2. The first-order valence-electron chi connectivity index (χ1n) is 8.41. The molecule has 7 heteroatoms. The molecule has 2 aromatic carbocycles. The van der Waals surface area contributed by atoms with E-state index in [0.29, 0.717) is 22.3 Å². The summed E-state index contributed by atoms with van der Waals surface area (Å²) in [6.45, 7) is 5.69. The Morgan fingerprint density at radius 2 is 1.69 bits per heavy atom. The summed E-state index contributed by atoms with van der Waals surface area (Å²) in [4.78, 5) is 16.8. The molecule has 0 aromatic heterocycles. The number of anilines is 2. The molecule has 3 rings (SSSR count). The van der Waals surface area contributed by atoms with Crippen molar-refractivity contribution < 1.29 is 4.79 Å². The molecule has 0 atom stereocenters. The van der Waals surface area contributed by atoms with Crippen molar-refractivity contribution in [3.8, 4) is 0 Å². The summed E-state index contributed by atoms with van der Waals surface area (Å²) in [5, 5.41) is 4.42. The second kappa shape index (κ2) is 8.49. The standard InChI is InChI=1S/C19H20Cl3N3O/c1-13-5-6-14(20)11-17(13)25-9-7-24(8-10-25)12-18(26)23-19-15(21)3-2-4-16(19)22/h2-6,11H,7-10,12H2,1H3,(H,23,26). The summed E-state index contributed by atoms with van der Waals surface area (Å²) in [7, 11) is 0. The Bertz CT molecular complexity index is 784. The lowest BCUT2D eigenvalue weighted by molar-refractivity contribution is -0.117. The van der Waals surface area contributed by atoms with Gasteiger partial charge in [-0.05, 0) is 36.8 Å². The highest BCUT2D eigenvalue weighted by molar-refractivity contribution is 6.39. The van der Waals surface area contributed by atoms with Gasteiger partial charge in [0.1, 0.15) is 0 Å². The Labute approximate surface area is 168 Å². The van der Waals surface area contributed by atoms with E-state index < -0.39 is 0 Å². The van der Waals surface area contributed by atoms with Crippen molar-refractivity contribution in [3.05, 3.63) is 57.0 Å². The largest absolute Gasteiger partial charge is 0.369 e. The summed E-state index contributed by atoms with van der Waals surface area (Å²) in [5.74, 6) is -0.118. The molecule has 1 amide bonds. The van der Waals surface area contributed by atoms with Crippen molar-refractivity contribution >= 4 is 52.1 Å². The van der Waals surface area contributed by atoms with Crippen molar-refractivity contribution in [2.45, 2.75) is 6.92 Å². The Morgan fingerprint density at radius 1 is 1.04 bits per heavy atom. The van der Waals surface area contributed by atoms with Crippen molar-refractivity contribution in [2.24, 2.45) is 0 Å². The van der Waals surface area contributed by atoms with Crippen molar-refractivity contribution in [1.82, 2.24) is 4.90 Å². The van der Waals surface area contributed by atoms with Crippen LogP contribution >= 0.6 is 34.8 Å². The maximum absolute atomic E-state index is 12.3. The number of hydrogen-bond donors (Lipinski definition) is 1. The minimum Gasteiger partial charge on any atom is -0.369 e. The van der Waals surface area contributed by atoms with Gasteiger partial charge in [0.15, 0.2) is 0 Å². The highest BCUT2D eigenvalue weighted by Crippen LogP contribution is 2.30. The fraction of sp³-hybridized carbons (Fsp3) is 0.316. The average molecular weight is 413 g/mol. The Hall–Kier alpha value is -1.46. The molecule has 0 saturated carbocycles. The molecule has 4 nitrogen and oxygen atoms in total. The van der Waals surface area contributed by atoms with Crippen LogP contribution in [0.25, 0.3) is 0 Å². The second-order valence-electron chi connectivity index (χ2n) is 6.34. The van der Waals surface area contributed by atoms with Gasteiger partial charge in [-0.15, -0.1) is 0 Å². The first-order chi connectivity index (χ1) is 12.4. The SMILES string of the molecule is Cc1ccc(Cl)cc1N1CCN(CC(=O)Nc2c(Cl)cccc2Cl)CC1. The normalized spacial score (nSPS) is 15.2. The van der Waals surface area contributed by atoms with E-state index in [0.717, 1.165) is 36.9 Å². The minimum absolute atomic E-state index is 0.118. The number of carbonyl (C=O) groups excluding carboxylic acids is 1. The Morgan fingerprint density at radius 3 is 2.35 bits per heavy atom. The molecule has 1 N–H and O–H groups in total. The van der Waals surface area contributed by atoms with E-state index in [1.54, 1.807) is 18.2 Å². The molecule has 1 fully saturated rings. The lowest BCUT2D eigenvalue weighted by atomic mass is 10.1. The highest BCUT2D eigenvalue weighted by atomic mass is 35.5. The van der Waals surface area contributed by atoms with Crippen LogP contribution < -0.4 is 10.2 Å². The monoisotopic (exact) mass is 411 g/mol. The Balaban J connectivity index is 1.55. The van der Waals surface area contributed by atoms with Gasteiger partial charge in [0.05, 0.1) is 22.3 Å². The predicted molar refractivity (Wildman–Crippen MR) is 110 cm³/mol. The zero-order valence-electron chi connectivity index (χ0n) is 14.4. The first-order valence-corrected chi connectivity index (χ1v) is 9.55. The molecule has 138 valence electrons. The third kappa shape index (κ3) is 4.63. The van der Waals surface area contributed by atoms with Gasteiger partial charge < -0.3 is 10.2 Å². The number of nitrogens with one attached hydrogen (secondary N) is 1. The molecule has 26 heavy (non-hydrogen) atoms. The third-order valence-corrected chi connectivity index (χ3v) is 5.34. The quantitative estimate of drug-likeness (QED) is 0.789. The van der Waals surface area contributed by atoms with Crippen molar-refractivity contribution in [1.29, 1.82) is 0 Å². The van der Waals surface area contributed by atoms with Crippen LogP contribution in [0, 0.1) is 6.92 Å². The lowest BCUT2D eigenvalue weighted by Gasteiger charge is -2.36. The van der Waals surface area contributed by atoms with Gasteiger partial charge in [-0.25, -0.2) is 0 Å². The number of carbonyl (C=O) groups is 1. The smallest absolute Gasteiger partial charge is 0.238 e. The number of amides is 1. The first kappa shape index (κ1) is 19.3. The van der Waals surface area contributed by atoms with E-state index in [9.17, 15) is 4.79 Å². The highest BCUT2D eigenvalue weighted by Gasteiger charge is 2.21. The number of halogens is 3. The number of rotatable bonds is 4. The summed E-state index contributed by atoms with van der Waals surface area (Å²) in [6.07, 6.45) is 0. The number of hydrogen-bond acceptors (Lipinski definition) is 3. The zero-order chi connectivity index (χ0) is 18.7. The van der Waals surface area contributed by atoms with Gasteiger partial charge >= 0.3 is 0 Å². The van der Waals surface area contributed by atoms with Crippen LogP contribution in [0.15, 0.2) is 36.4 Å². The maximum Gasteiger partial charge on any atom is 0.238 e. The van der Waals surface area contributed by atoms with Gasteiger partial charge in [-0.2, -0.15) is 0 Å². The second-order valence-corrected chi connectivity index (χ2v) is 7.59. The number of benzene rings is 2. The lowest BCUT2D eigenvalue weighted by Crippen LogP contribution is -2.48. The predicted octanol–water partition coefficient (Wildman–Crippen LogP) is 4.72. The van der Waals surface area contributed by atoms with Crippen molar-refractivity contribution in [3.63, 3.8) is 0 Å². The molecule has 1 heterocycles. The Kier molecular flexibility index (Phi) is 6.30. The van der Waals surface area contributed by atoms with E-state index >= 15 is 0 Å². The fourth-order valence-electron chi connectivity index (χ4n) is 3.07. The molecule has 1 aliphatic heterocycles.